The second-order valence-corrected chi connectivity index (χ2v) is 5.94. The molecule has 0 aromatic rings. The van der Waals surface area contributed by atoms with Crippen molar-refractivity contribution in [1.82, 2.24) is 10.2 Å². The van der Waals surface area contributed by atoms with Gasteiger partial charge in [-0.25, -0.2) is 0 Å². The van der Waals surface area contributed by atoms with Crippen LogP contribution in [0.1, 0.15) is 32.6 Å². The first-order valence-electron chi connectivity index (χ1n) is 8.88. The number of nitrogens with one attached hydrogen (secondary N) is 1. The van der Waals surface area contributed by atoms with Crippen LogP contribution >= 0.6 is 0 Å². The van der Waals surface area contributed by atoms with E-state index in [4.69, 9.17) is 9.47 Å². The molecule has 0 bridgehead atoms. The molecule has 140 valence electrons. The Morgan fingerprint density at radius 3 is 2.83 bits per heavy atom. The maximum absolute atomic E-state index is 11.1. The molecular weight excluding hydrogens is 310 g/mol. The predicted octanol–water partition coefficient (Wildman–Crippen LogP) is 1.28. The molecule has 1 fully saturated rings. The lowest BCUT2D eigenvalue weighted by Gasteiger charge is -2.21. The van der Waals surface area contributed by atoms with Gasteiger partial charge in [0.25, 0.3) is 0 Å². The van der Waals surface area contributed by atoms with Crippen molar-refractivity contribution in [1.29, 1.82) is 0 Å². The van der Waals surface area contributed by atoms with E-state index in [9.17, 15) is 4.79 Å². The van der Waals surface area contributed by atoms with E-state index in [0.29, 0.717) is 25.6 Å². The summed E-state index contributed by atoms with van der Waals surface area (Å²) in [6, 6.07) is 0. The summed E-state index contributed by atoms with van der Waals surface area (Å²) in [7, 11) is 3.11. The highest BCUT2D eigenvalue weighted by molar-refractivity contribution is 5.80. The lowest BCUT2D eigenvalue weighted by molar-refractivity contribution is -0.140. The van der Waals surface area contributed by atoms with Gasteiger partial charge in [-0.15, -0.1) is 0 Å². The molecule has 0 saturated carbocycles. The number of nitrogens with zero attached hydrogens (tertiary/aromatic N) is 2. The summed E-state index contributed by atoms with van der Waals surface area (Å²) < 4.78 is 15.3. The zero-order valence-corrected chi connectivity index (χ0v) is 15.4. The molecule has 1 unspecified atom stereocenters. The van der Waals surface area contributed by atoms with Crippen LogP contribution in [0.5, 0.6) is 0 Å². The van der Waals surface area contributed by atoms with Gasteiger partial charge >= 0.3 is 5.97 Å². The first kappa shape index (κ1) is 20.7. The minimum absolute atomic E-state index is 0.151. The third-order valence-corrected chi connectivity index (χ3v) is 3.98. The molecule has 0 aromatic heterocycles. The van der Waals surface area contributed by atoms with Crippen molar-refractivity contribution in [3.8, 4) is 0 Å². The predicted molar refractivity (Wildman–Crippen MR) is 94.2 cm³/mol. The van der Waals surface area contributed by atoms with Crippen molar-refractivity contribution in [2.24, 2.45) is 10.9 Å². The van der Waals surface area contributed by atoms with Crippen molar-refractivity contribution >= 4 is 11.9 Å². The third kappa shape index (κ3) is 8.49. The molecule has 7 heteroatoms. The molecule has 1 rings (SSSR count). The molecule has 7 nitrogen and oxygen atoms in total. The number of carbonyl (C=O) groups excluding carboxylic acids is 1. The van der Waals surface area contributed by atoms with Crippen molar-refractivity contribution in [3.05, 3.63) is 0 Å². The maximum atomic E-state index is 11.1. The fraction of sp³-hybridized carbons (Fsp3) is 0.882. The van der Waals surface area contributed by atoms with Crippen molar-refractivity contribution in [2.45, 2.75) is 32.6 Å². The molecule has 1 aliphatic rings. The Balaban J connectivity index is 2.30. The lowest BCUT2D eigenvalue weighted by Crippen LogP contribution is -2.40. The van der Waals surface area contributed by atoms with E-state index in [1.165, 1.54) is 7.11 Å². The van der Waals surface area contributed by atoms with Gasteiger partial charge in [-0.2, -0.15) is 0 Å². The van der Waals surface area contributed by atoms with Gasteiger partial charge in [0.2, 0.25) is 0 Å². The zero-order chi connectivity index (χ0) is 17.6. The standard InChI is InChI=1S/C17H33N3O4/c1-4-18-17(19-9-6-5-7-16(21)23-3)20-10-8-15(13-20)14-24-12-11-22-2/h15H,4-14H2,1-3H3,(H,18,19). The van der Waals surface area contributed by atoms with Gasteiger partial charge in [0.1, 0.15) is 0 Å². The fourth-order valence-electron chi connectivity index (χ4n) is 2.65. The molecule has 0 radical (unpaired) electrons. The summed E-state index contributed by atoms with van der Waals surface area (Å²) in [5.41, 5.74) is 0. The Labute approximate surface area is 145 Å². The van der Waals surface area contributed by atoms with E-state index in [1.54, 1.807) is 7.11 Å². The van der Waals surface area contributed by atoms with Crippen molar-refractivity contribution < 1.29 is 19.0 Å². The molecule has 1 aliphatic heterocycles. The van der Waals surface area contributed by atoms with E-state index in [0.717, 1.165) is 58.0 Å². The fourth-order valence-corrected chi connectivity index (χ4v) is 2.65. The number of hydrogen-bond donors (Lipinski definition) is 1. The summed E-state index contributed by atoms with van der Waals surface area (Å²) in [5, 5.41) is 3.36. The van der Waals surface area contributed by atoms with Crippen LogP contribution in [0.4, 0.5) is 0 Å². The van der Waals surface area contributed by atoms with Crippen LogP contribution in [-0.2, 0) is 19.0 Å². The number of esters is 1. The molecule has 1 N–H and O–H groups in total. The lowest BCUT2D eigenvalue weighted by atomic mass is 10.1. The number of unbranched alkanes of at least 4 members (excludes halogenated alkanes) is 1. The number of ether oxygens (including phenoxy) is 3. The van der Waals surface area contributed by atoms with Crippen molar-refractivity contribution in [2.75, 3.05) is 60.2 Å². The van der Waals surface area contributed by atoms with Gasteiger partial charge in [-0.05, 0) is 26.2 Å². The Morgan fingerprint density at radius 2 is 2.12 bits per heavy atom. The van der Waals surface area contributed by atoms with Crippen molar-refractivity contribution in [3.63, 3.8) is 0 Å². The Kier molecular flexibility index (Phi) is 11.2. The van der Waals surface area contributed by atoms with E-state index in [2.05, 4.69) is 26.9 Å². The van der Waals surface area contributed by atoms with Gasteiger partial charge in [0.05, 0.1) is 26.9 Å². The average Bonchev–Trinajstić information content (AvgIpc) is 3.06. The molecule has 1 atom stereocenters. The van der Waals surface area contributed by atoms with E-state index in [1.807, 2.05) is 0 Å². The summed E-state index contributed by atoms with van der Waals surface area (Å²) in [6.45, 7) is 7.71. The van der Waals surface area contributed by atoms with Gasteiger partial charge in [0, 0.05) is 45.6 Å². The van der Waals surface area contributed by atoms with Crippen LogP contribution in [0, 0.1) is 5.92 Å². The number of rotatable bonds is 11. The first-order chi connectivity index (χ1) is 11.7. The second-order valence-electron chi connectivity index (χ2n) is 5.94. The number of guanidine groups is 1. The number of methoxy groups -OCH3 is 2. The van der Waals surface area contributed by atoms with Crippen LogP contribution in [0.3, 0.4) is 0 Å². The topological polar surface area (TPSA) is 72.4 Å². The van der Waals surface area contributed by atoms with E-state index in [-0.39, 0.29) is 5.97 Å². The normalized spacial score (nSPS) is 18.0. The average molecular weight is 343 g/mol. The monoisotopic (exact) mass is 343 g/mol. The summed E-state index contributed by atoms with van der Waals surface area (Å²) in [5.74, 6) is 1.36. The van der Waals surface area contributed by atoms with E-state index < -0.39 is 0 Å². The third-order valence-electron chi connectivity index (χ3n) is 3.98. The molecule has 0 spiro atoms. The molecule has 1 heterocycles. The molecule has 1 saturated heterocycles. The Hall–Kier alpha value is -1.34. The smallest absolute Gasteiger partial charge is 0.305 e. The van der Waals surface area contributed by atoms with Gasteiger partial charge < -0.3 is 24.4 Å². The highest BCUT2D eigenvalue weighted by Crippen LogP contribution is 2.16. The highest BCUT2D eigenvalue weighted by Gasteiger charge is 2.24. The molecule has 0 aliphatic carbocycles. The summed E-state index contributed by atoms with van der Waals surface area (Å²) >= 11 is 0. The number of hydrogen-bond acceptors (Lipinski definition) is 5. The van der Waals surface area contributed by atoms with Gasteiger partial charge in [-0.3, -0.25) is 9.79 Å². The van der Waals surface area contributed by atoms with Crippen LogP contribution in [0.15, 0.2) is 4.99 Å². The van der Waals surface area contributed by atoms with Crippen LogP contribution in [0.25, 0.3) is 0 Å². The largest absolute Gasteiger partial charge is 0.469 e. The number of carbonyl (C=O) groups is 1. The quantitative estimate of drug-likeness (QED) is 0.264. The van der Waals surface area contributed by atoms with Crippen LogP contribution in [0.2, 0.25) is 0 Å². The zero-order valence-electron chi connectivity index (χ0n) is 15.4. The SMILES string of the molecule is CCNC(=NCCCCC(=O)OC)N1CCC(COCCOC)C1. The number of likely N-dealkylation sites (tertiary alicyclic amines) is 1. The number of aliphatic imine (C=N–C) groups is 1. The highest BCUT2D eigenvalue weighted by atomic mass is 16.5. The van der Waals surface area contributed by atoms with Gasteiger partial charge in [-0.1, -0.05) is 0 Å². The molecule has 24 heavy (non-hydrogen) atoms. The first-order valence-corrected chi connectivity index (χ1v) is 8.88. The minimum Gasteiger partial charge on any atom is -0.469 e. The van der Waals surface area contributed by atoms with Crippen LogP contribution in [-0.4, -0.2) is 77.0 Å². The summed E-state index contributed by atoms with van der Waals surface area (Å²) in [6.07, 6.45) is 3.29. The summed E-state index contributed by atoms with van der Waals surface area (Å²) in [4.78, 5) is 18.1. The van der Waals surface area contributed by atoms with Crippen LogP contribution < -0.4 is 5.32 Å². The molecule has 0 aromatic carbocycles. The second kappa shape index (κ2) is 13.0. The molecule has 0 amide bonds. The Bertz CT molecular complexity index is 377. The Morgan fingerprint density at radius 1 is 1.29 bits per heavy atom. The molecular formula is C17H33N3O4. The van der Waals surface area contributed by atoms with Gasteiger partial charge in [0.15, 0.2) is 5.96 Å². The maximum Gasteiger partial charge on any atom is 0.305 e. The minimum atomic E-state index is -0.151. The van der Waals surface area contributed by atoms with E-state index >= 15 is 0 Å².